The van der Waals surface area contributed by atoms with Crippen LogP contribution >= 0.6 is 0 Å². The second kappa shape index (κ2) is 7.65. The highest BCUT2D eigenvalue weighted by Crippen LogP contribution is 2.20. The van der Waals surface area contributed by atoms with Gasteiger partial charge in [-0.05, 0) is 38.8 Å². The van der Waals surface area contributed by atoms with Crippen LogP contribution in [0.5, 0.6) is 0 Å². The smallest absolute Gasteiger partial charge is 0.306 e. The summed E-state index contributed by atoms with van der Waals surface area (Å²) >= 11 is 0. The summed E-state index contributed by atoms with van der Waals surface area (Å²) < 4.78 is 6.99. The number of amides is 1. The van der Waals surface area contributed by atoms with Crippen LogP contribution in [0.2, 0.25) is 0 Å². The molecule has 2 heterocycles. The number of fused-ring (bicyclic) bond motifs is 1. The van der Waals surface area contributed by atoms with Gasteiger partial charge in [-0.2, -0.15) is 5.10 Å². The third-order valence-corrected chi connectivity index (χ3v) is 4.71. The van der Waals surface area contributed by atoms with Crippen molar-refractivity contribution in [1.29, 1.82) is 0 Å². The first kappa shape index (κ1) is 18.7. The number of aryl methyl sites for hydroxylation is 3. The van der Waals surface area contributed by atoms with Crippen molar-refractivity contribution in [2.75, 3.05) is 5.32 Å². The number of hydrogen-bond donors (Lipinski definition) is 2. The maximum absolute atomic E-state index is 12.3. The molecule has 0 unspecified atom stereocenters. The summed E-state index contributed by atoms with van der Waals surface area (Å²) in [6, 6.07) is 7.93. The average molecular weight is 368 g/mol. The molecule has 3 aromatic rings. The lowest BCUT2D eigenvalue weighted by Crippen LogP contribution is -2.30. The molecule has 1 aromatic carbocycles. The Morgan fingerprint density at radius 3 is 2.74 bits per heavy atom. The van der Waals surface area contributed by atoms with Crippen LogP contribution in [0.3, 0.4) is 0 Å². The van der Waals surface area contributed by atoms with Gasteiger partial charge in [-0.1, -0.05) is 18.2 Å². The molecule has 0 saturated heterocycles. The highest BCUT2D eigenvalue weighted by Gasteiger charge is 2.21. The topological polar surface area (TPSA) is 89.0 Å². The van der Waals surface area contributed by atoms with Crippen LogP contribution in [0, 0.1) is 13.8 Å². The molecular weight excluding hydrogens is 344 g/mol. The molecule has 2 N–H and O–H groups in total. The molecule has 0 aliphatic rings. The highest BCUT2D eigenvalue weighted by molar-refractivity contribution is 5.96. The van der Waals surface area contributed by atoms with Crippen molar-refractivity contribution in [3.63, 3.8) is 0 Å². The van der Waals surface area contributed by atoms with E-state index in [1.165, 1.54) is 0 Å². The molecule has 1 atom stereocenters. The highest BCUT2D eigenvalue weighted by atomic mass is 16.5. The van der Waals surface area contributed by atoms with E-state index in [1.54, 1.807) is 11.6 Å². The largest absolute Gasteiger partial charge is 0.453 e. The number of nitrogens with zero attached hydrogens (tertiary/aromatic N) is 2. The third-order valence-electron chi connectivity index (χ3n) is 4.71. The molecule has 1 amide bonds. The van der Waals surface area contributed by atoms with E-state index >= 15 is 0 Å². The molecule has 7 heteroatoms. The van der Waals surface area contributed by atoms with Crippen LogP contribution in [0.4, 0.5) is 5.69 Å². The van der Waals surface area contributed by atoms with Crippen molar-refractivity contribution in [1.82, 2.24) is 14.8 Å². The van der Waals surface area contributed by atoms with Crippen LogP contribution in [0.1, 0.15) is 30.3 Å². The average Bonchev–Trinajstić information content (AvgIpc) is 3.16. The van der Waals surface area contributed by atoms with E-state index in [1.807, 2.05) is 51.4 Å². The molecule has 0 radical (unpaired) electrons. The zero-order valence-corrected chi connectivity index (χ0v) is 16.0. The van der Waals surface area contributed by atoms with Crippen molar-refractivity contribution >= 4 is 28.5 Å². The summed E-state index contributed by atoms with van der Waals surface area (Å²) in [5, 5.41) is 8.15. The Labute approximate surface area is 157 Å². The molecule has 2 aromatic heterocycles. The molecule has 3 rings (SSSR count). The van der Waals surface area contributed by atoms with E-state index < -0.39 is 12.1 Å². The van der Waals surface area contributed by atoms with Gasteiger partial charge in [0.15, 0.2) is 6.10 Å². The minimum absolute atomic E-state index is 0.213. The van der Waals surface area contributed by atoms with Crippen LogP contribution in [0.15, 0.2) is 30.5 Å². The number of rotatable bonds is 6. The molecule has 0 aliphatic heterocycles. The van der Waals surface area contributed by atoms with Gasteiger partial charge in [-0.15, -0.1) is 0 Å². The third kappa shape index (κ3) is 4.02. The van der Waals surface area contributed by atoms with E-state index in [2.05, 4.69) is 15.4 Å². The standard InChI is InChI=1S/C20H24N4O3/c1-12-19(13(2)24(4)23-12)22-20(26)14(3)27-18(25)10-9-15-11-21-17-8-6-5-7-16(15)17/h5-8,11,14,21H,9-10H2,1-4H3,(H,22,26)/t14-/m0/s1. The fraction of sp³-hybridized carbons (Fsp3) is 0.350. The fourth-order valence-corrected chi connectivity index (χ4v) is 3.06. The van der Waals surface area contributed by atoms with E-state index in [0.717, 1.165) is 27.9 Å². The summed E-state index contributed by atoms with van der Waals surface area (Å²) in [6.45, 7) is 5.26. The molecule has 27 heavy (non-hydrogen) atoms. The van der Waals surface area contributed by atoms with Gasteiger partial charge >= 0.3 is 5.97 Å². The normalized spacial score (nSPS) is 12.1. The minimum atomic E-state index is -0.875. The van der Waals surface area contributed by atoms with Gasteiger partial charge in [0, 0.05) is 30.6 Å². The van der Waals surface area contributed by atoms with E-state index in [-0.39, 0.29) is 12.3 Å². The molecule has 0 spiro atoms. The number of aromatic amines is 1. The van der Waals surface area contributed by atoms with E-state index in [0.29, 0.717) is 12.1 Å². The summed E-state index contributed by atoms with van der Waals surface area (Å²) in [7, 11) is 1.81. The lowest BCUT2D eigenvalue weighted by molar-refractivity contribution is -0.153. The number of hydrogen-bond acceptors (Lipinski definition) is 4. The van der Waals surface area contributed by atoms with Gasteiger partial charge < -0.3 is 15.0 Å². The van der Waals surface area contributed by atoms with Gasteiger partial charge in [-0.3, -0.25) is 14.3 Å². The zero-order chi connectivity index (χ0) is 19.6. The zero-order valence-electron chi connectivity index (χ0n) is 16.0. The summed E-state index contributed by atoms with van der Waals surface area (Å²) in [5.74, 6) is -0.766. The monoisotopic (exact) mass is 368 g/mol. The van der Waals surface area contributed by atoms with Gasteiger partial charge in [0.2, 0.25) is 0 Å². The first-order valence-electron chi connectivity index (χ1n) is 8.92. The van der Waals surface area contributed by atoms with Crippen LogP contribution in [-0.4, -0.2) is 32.7 Å². The summed E-state index contributed by atoms with van der Waals surface area (Å²) in [4.78, 5) is 27.7. The van der Waals surface area contributed by atoms with Crippen molar-refractivity contribution in [3.8, 4) is 0 Å². The number of para-hydroxylation sites is 1. The Kier molecular flexibility index (Phi) is 5.30. The molecule has 0 aliphatic carbocycles. The Balaban J connectivity index is 1.54. The van der Waals surface area contributed by atoms with Crippen molar-refractivity contribution in [3.05, 3.63) is 47.4 Å². The number of benzene rings is 1. The SMILES string of the molecule is Cc1nn(C)c(C)c1NC(=O)[C@H](C)OC(=O)CCc1c[nH]c2ccccc12. The maximum Gasteiger partial charge on any atom is 0.306 e. The predicted molar refractivity (Wildman–Crippen MR) is 103 cm³/mol. The van der Waals surface area contributed by atoms with Crippen molar-refractivity contribution in [2.24, 2.45) is 7.05 Å². The number of aromatic nitrogens is 3. The first-order valence-corrected chi connectivity index (χ1v) is 8.92. The van der Waals surface area contributed by atoms with Gasteiger partial charge in [0.1, 0.15) is 0 Å². The fourth-order valence-electron chi connectivity index (χ4n) is 3.06. The molecule has 0 saturated carbocycles. The van der Waals surface area contributed by atoms with Crippen LogP contribution < -0.4 is 5.32 Å². The van der Waals surface area contributed by atoms with E-state index in [4.69, 9.17) is 4.74 Å². The molecule has 142 valence electrons. The Hall–Kier alpha value is -3.09. The number of H-pyrrole nitrogens is 1. The Morgan fingerprint density at radius 2 is 2.04 bits per heavy atom. The molecular formula is C20H24N4O3. The van der Waals surface area contributed by atoms with E-state index in [9.17, 15) is 9.59 Å². The number of carbonyl (C=O) groups excluding carboxylic acids is 2. The summed E-state index contributed by atoms with van der Waals surface area (Å²) in [6.07, 6.45) is 1.80. The maximum atomic E-state index is 12.3. The summed E-state index contributed by atoms with van der Waals surface area (Å²) in [5.41, 5.74) is 4.32. The number of esters is 1. The number of anilines is 1. The second-order valence-corrected chi connectivity index (χ2v) is 6.65. The van der Waals surface area contributed by atoms with Gasteiger partial charge in [0.05, 0.1) is 17.1 Å². The second-order valence-electron chi connectivity index (χ2n) is 6.65. The van der Waals surface area contributed by atoms with Crippen molar-refractivity contribution in [2.45, 2.75) is 39.7 Å². The van der Waals surface area contributed by atoms with Crippen LogP contribution in [0.25, 0.3) is 10.9 Å². The van der Waals surface area contributed by atoms with Crippen LogP contribution in [-0.2, 0) is 27.8 Å². The molecule has 0 bridgehead atoms. The minimum Gasteiger partial charge on any atom is -0.453 e. The molecule has 0 fully saturated rings. The number of ether oxygens (including phenoxy) is 1. The quantitative estimate of drug-likeness (QED) is 0.655. The Bertz CT molecular complexity index is 986. The lowest BCUT2D eigenvalue weighted by atomic mass is 10.1. The van der Waals surface area contributed by atoms with Gasteiger partial charge in [-0.25, -0.2) is 0 Å². The predicted octanol–water partition coefficient (Wildman–Crippen LogP) is 3.02. The number of carbonyl (C=O) groups is 2. The Morgan fingerprint density at radius 1 is 1.30 bits per heavy atom. The lowest BCUT2D eigenvalue weighted by Gasteiger charge is -2.13. The number of nitrogens with one attached hydrogen (secondary N) is 2. The first-order chi connectivity index (χ1) is 12.9. The van der Waals surface area contributed by atoms with Crippen molar-refractivity contribution < 1.29 is 14.3 Å². The molecule has 7 nitrogen and oxygen atoms in total. The van der Waals surface area contributed by atoms with Gasteiger partial charge in [0.25, 0.3) is 5.91 Å².